The quantitative estimate of drug-likeness (QED) is 0.219. The first-order valence-corrected chi connectivity index (χ1v) is 11.7. The molecule has 1 aromatic carbocycles. The molecular weight excluding hydrogens is 440 g/mol. The third kappa shape index (κ3) is 9.62. The number of nitrogens with one attached hydrogen (secondary N) is 3. The maximum atomic E-state index is 12.5. The van der Waals surface area contributed by atoms with E-state index in [9.17, 15) is 24.3 Å². The Morgan fingerprint density at radius 3 is 2.19 bits per heavy atom. The number of carbonyl (C=O) groups is 4. The van der Waals surface area contributed by atoms with Crippen molar-refractivity contribution in [3.8, 4) is 0 Å². The Hall–Kier alpha value is -2.24. The number of hydrogen-bond acceptors (Lipinski definition) is 7. The van der Waals surface area contributed by atoms with Crippen molar-refractivity contribution in [1.82, 2.24) is 16.0 Å². The van der Waals surface area contributed by atoms with Crippen LogP contribution < -0.4 is 21.7 Å². The highest BCUT2D eigenvalue weighted by Crippen LogP contribution is 2.05. The summed E-state index contributed by atoms with van der Waals surface area (Å²) < 4.78 is 0. The highest BCUT2D eigenvalue weighted by atomic mass is 32.2. The molecule has 0 aliphatic carbocycles. The molecule has 0 radical (unpaired) electrons. The van der Waals surface area contributed by atoms with Gasteiger partial charge in [0.1, 0.15) is 18.1 Å². The van der Waals surface area contributed by atoms with Gasteiger partial charge in [-0.2, -0.15) is 24.4 Å². The normalized spacial score (nSPS) is 14.6. The van der Waals surface area contributed by atoms with Crippen molar-refractivity contribution >= 4 is 48.1 Å². The minimum atomic E-state index is -1.19. The maximum absolute atomic E-state index is 12.5. The summed E-state index contributed by atoms with van der Waals surface area (Å²) in [6.07, 6.45) is 2.47. The molecule has 6 N–H and O–H groups in total. The van der Waals surface area contributed by atoms with Gasteiger partial charge in [0.15, 0.2) is 0 Å². The van der Waals surface area contributed by atoms with E-state index in [0.29, 0.717) is 12.2 Å². The summed E-state index contributed by atoms with van der Waals surface area (Å²) in [7, 11) is 0. The van der Waals surface area contributed by atoms with Crippen LogP contribution in [0.15, 0.2) is 30.3 Å². The standard InChI is InChI=1S/C20H30N4O5S2/c1-12(22-18(26)14(21)8-9-31-2)17(25)24-16(11-30)19(27)23-15(20(28)29)10-13-6-4-3-5-7-13/h3-7,12,14-16,30H,8-11,21H2,1-2H3,(H,22,26)(H,23,27)(H,24,25)(H,28,29). The smallest absolute Gasteiger partial charge is 0.326 e. The lowest BCUT2D eigenvalue weighted by Crippen LogP contribution is -2.57. The molecule has 0 aromatic heterocycles. The van der Waals surface area contributed by atoms with Crippen LogP contribution in [0.1, 0.15) is 18.9 Å². The number of carboxylic acid groups (broad SMARTS) is 1. The molecule has 31 heavy (non-hydrogen) atoms. The molecule has 0 spiro atoms. The predicted molar refractivity (Wildman–Crippen MR) is 124 cm³/mol. The average Bonchev–Trinajstić information content (AvgIpc) is 2.75. The largest absolute Gasteiger partial charge is 0.480 e. The van der Waals surface area contributed by atoms with Crippen LogP contribution in [0.2, 0.25) is 0 Å². The molecule has 0 fully saturated rings. The second kappa shape index (κ2) is 13.9. The van der Waals surface area contributed by atoms with Crippen molar-refractivity contribution in [1.29, 1.82) is 0 Å². The van der Waals surface area contributed by atoms with Gasteiger partial charge in [0, 0.05) is 12.2 Å². The van der Waals surface area contributed by atoms with E-state index < -0.39 is 47.9 Å². The minimum Gasteiger partial charge on any atom is -0.480 e. The van der Waals surface area contributed by atoms with Crippen molar-refractivity contribution in [2.45, 2.75) is 43.9 Å². The number of hydrogen-bond donors (Lipinski definition) is 6. The van der Waals surface area contributed by atoms with Gasteiger partial charge in [-0.3, -0.25) is 14.4 Å². The number of carbonyl (C=O) groups excluding carboxylic acids is 3. The van der Waals surface area contributed by atoms with Crippen LogP contribution in [0.5, 0.6) is 0 Å². The van der Waals surface area contributed by atoms with Crippen LogP contribution in [0.25, 0.3) is 0 Å². The monoisotopic (exact) mass is 470 g/mol. The summed E-state index contributed by atoms with van der Waals surface area (Å²) in [5.41, 5.74) is 6.53. The molecule has 0 saturated carbocycles. The van der Waals surface area contributed by atoms with Crippen LogP contribution in [-0.2, 0) is 25.6 Å². The Morgan fingerprint density at radius 1 is 1.03 bits per heavy atom. The number of thiol groups is 1. The molecule has 9 nitrogen and oxygen atoms in total. The Kier molecular flexibility index (Phi) is 12.1. The Bertz CT molecular complexity index is 750. The summed E-state index contributed by atoms with van der Waals surface area (Å²) in [6.45, 7) is 1.47. The molecule has 0 saturated heterocycles. The van der Waals surface area contributed by atoms with E-state index in [-0.39, 0.29) is 12.2 Å². The first kappa shape index (κ1) is 26.8. The zero-order valence-corrected chi connectivity index (χ0v) is 19.2. The van der Waals surface area contributed by atoms with Gasteiger partial charge in [-0.15, -0.1) is 0 Å². The minimum absolute atomic E-state index is 0.0524. The Balaban J connectivity index is 2.66. The van der Waals surface area contributed by atoms with Gasteiger partial charge >= 0.3 is 5.97 Å². The summed E-state index contributed by atoms with van der Waals surface area (Å²) in [5.74, 6) is -2.27. The zero-order chi connectivity index (χ0) is 23.4. The molecular formula is C20H30N4O5S2. The number of amides is 3. The molecule has 0 aliphatic rings. The third-order valence-electron chi connectivity index (χ3n) is 4.43. The number of benzene rings is 1. The van der Waals surface area contributed by atoms with Gasteiger partial charge in [0.05, 0.1) is 6.04 Å². The van der Waals surface area contributed by atoms with Crippen molar-refractivity contribution < 1.29 is 24.3 Å². The van der Waals surface area contributed by atoms with Crippen LogP contribution in [0.4, 0.5) is 0 Å². The Labute approximate surface area is 191 Å². The van der Waals surface area contributed by atoms with Crippen LogP contribution >= 0.6 is 24.4 Å². The van der Waals surface area contributed by atoms with Crippen LogP contribution in [0, 0.1) is 0 Å². The lowest BCUT2D eigenvalue weighted by Gasteiger charge is -2.23. The second-order valence-corrected chi connectivity index (χ2v) is 8.30. The van der Waals surface area contributed by atoms with E-state index in [1.54, 1.807) is 42.1 Å². The van der Waals surface area contributed by atoms with Gasteiger partial charge < -0.3 is 26.8 Å². The SMILES string of the molecule is CSCCC(N)C(=O)NC(C)C(=O)NC(CS)C(=O)NC(Cc1ccccc1)C(=O)O. The van der Waals surface area contributed by atoms with E-state index in [0.717, 1.165) is 5.56 Å². The Morgan fingerprint density at radius 2 is 1.65 bits per heavy atom. The fourth-order valence-corrected chi connectivity index (χ4v) is 3.32. The lowest BCUT2D eigenvalue weighted by molar-refractivity contribution is -0.142. The number of rotatable bonds is 13. The first-order valence-electron chi connectivity index (χ1n) is 9.72. The van der Waals surface area contributed by atoms with E-state index >= 15 is 0 Å². The van der Waals surface area contributed by atoms with E-state index in [1.807, 2.05) is 6.26 Å². The molecule has 172 valence electrons. The fourth-order valence-electron chi connectivity index (χ4n) is 2.57. The van der Waals surface area contributed by atoms with Crippen molar-refractivity contribution in [2.75, 3.05) is 17.8 Å². The van der Waals surface area contributed by atoms with Gasteiger partial charge in [0.25, 0.3) is 0 Å². The fraction of sp³-hybridized carbons (Fsp3) is 0.500. The van der Waals surface area contributed by atoms with Gasteiger partial charge in [-0.25, -0.2) is 4.79 Å². The summed E-state index contributed by atoms with van der Waals surface area (Å²) >= 11 is 5.64. The molecule has 3 amide bonds. The van der Waals surface area contributed by atoms with Crippen molar-refractivity contribution in [3.05, 3.63) is 35.9 Å². The zero-order valence-electron chi connectivity index (χ0n) is 17.5. The number of nitrogens with two attached hydrogens (primary N) is 1. The van der Waals surface area contributed by atoms with E-state index in [2.05, 4.69) is 28.6 Å². The average molecular weight is 471 g/mol. The molecule has 0 bridgehead atoms. The predicted octanol–water partition coefficient (Wildman–Crippen LogP) is -0.202. The van der Waals surface area contributed by atoms with Crippen molar-refractivity contribution in [2.24, 2.45) is 5.73 Å². The summed E-state index contributed by atoms with van der Waals surface area (Å²) in [4.78, 5) is 48.6. The molecule has 0 heterocycles. The number of carboxylic acids is 1. The highest BCUT2D eigenvalue weighted by molar-refractivity contribution is 7.98. The second-order valence-electron chi connectivity index (χ2n) is 6.95. The summed E-state index contributed by atoms with van der Waals surface area (Å²) in [5, 5.41) is 16.9. The van der Waals surface area contributed by atoms with E-state index in [1.165, 1.54) is 6.92 Å². The van der Waals surface area contributed by atoms with Gasteiger partial charge in [0.2, 0.25) is 17.7 Å². The van der Waals surface area contributed by atoms with Crippen LogP contribution in [-0.4, -0.2) is 70.7 Å². The van der Waals surface area contributed by atoms with Gasteiger partial charge in [-0.1, -0.05) is 30.3 Å². The summed E-state index contributed by atoms with van der Waals surface area (Å²) in [6, 6.07) is 4.97. The lowest BCUT2D eigenvalue weighted by atomic mass is 10.1. The highest BCUT2D eigenvalue weighted by Gasteiger charge is 2.28. The maximum Gasteiger partial charge on any atom is 0.326 e. The molecule has 1 rings (SSSR count). The molecule has 4 unspecified atom stereocenters. The molecule has 0 aliphatic heterocycles. The number of aliphatic carboxylic acids is 1. The van der Waals surface area contributed by atoms with E-state index in [4.69, 9.17) is 5.73 Å². The van der Waals surface area contributed by atoms with Gasteiger partial charge in [-0.05, 0) is 30.9 Å². The molecule has 11 heteroatoms. The molecule has 4 atom stereocenters. The topological polar surface area (TPSA) is 151 Å². The first-order chi connectivity index (χ1) is 14.7. The number of thioether (sulfide) groups is 1. The molecule has 1 aromatic rings. The van der Waals surface area contributed by atoms with Crippen LogP contribution in [0.3, 0.4) is 0 Å². The third-order valence-corrected chi connectivity index (χ3v) is 5.44. The van der Waals surface area contributed by atoms with Crippen molar-refractivity contribution in [3.63, 3.8) is 0 Å².